The fraction of sp³-hybridized carbons (Fsp3) is 0.353. The fourth-order valence-electron chi connectivity index (χ4n) is 2.81. The lowest BCUT2D eigenvalue weighted by atomic mass is 10.1. The summed E-state index contributed by atoms with van der Waals surface area (Å²) in [4.78, 5) is 15.5. The normalized spacial score (nSPS) is 16.6. The van der Waals surface area contributed by atoms with Crippen LogP contribution in [0.25, 0.3) is 0 Å². The third-order valence-electron chi connectivity index (χ3n) is 3.94. The largest absolute Gasteiger partial charge is 0.343 e. The van der Waals surface area contributed by atoms with E-state index in [1.165, 1.54) is 24.2 Å². The van der Waals surface area contributed by atoms with E-state index in [2.05, 4.69) is 22.3 Å². The maximum atomic E-state index is 12.4. The zero-order valence-corrected chi connectivity index (χ0v) is 13.9. The lowest BCUT2D eigenvalue weighted by molar-refractivity contribution is 0.0931. The third kappa shape index (κ3) is 3.88. The summed E-state index contributed by atoms with van der Waals surface area (Å²) < 4.78 is 0.640. The second kappa shape index (κ2) is 7.27. The van der Waals surface area contributed by atoms with Crippen molar-refractivity contribution in [1.82, 2.24) is 10.2 Å². The highest BCUT2D eigenvalue weighted by atomic mass is 35.5. The smallest absolute Gasteiger partial charge is 0.261 e. The number of nitrogens with one attached hydrogen (secondary N) is 1. The molecule has 2 aromatic rings. The summed E-state index contributed by atoms with van der Waals surface area (Å²) >= 11 is 7.24. The Labute approximate surface area is 139 Å². The summed E-state index contributed by atoms with van der Waals surface area (Å²) in [5.74, 6) is -0.0510. The molecule has 0 bridgehead atoms. The van der Waals surface area contributed by atoms with Crippen LogP contribution in [0, 0.1) is 0 Å². The Kier molecular flexibility index (Phi) is 5.13. The van der Waals surface area contributed by atoms with Crippen LogP contribution in [0.2, 0.25) is 4.34 Å². The predicted molar refractivity (Wildman–Crippen MR) is 91.7 cm³/mol. The first-order chi connectivity index (χ1) is 10.7. The minimum Gasteiger partial charge on any atom is -0.343 e. The Hall–Kier alpha value is -1.36. The van der Waals surface area contributed by atoms with Crippen LogP contribution in [0.5, 0.6) is 0 Å². The Bertz CT molecular complexity index is 623. The molecule has 1 N–H and O–H groups in total. The molecule has 1 aromatic carbocycles. The van der Waals surface area contributed by atoms with Crippen LogP contribution in [0.3, 0.4) is 0 Å². The van der Waals surface area contributed by atoms with Crippen molar-refractivity contribution in [3.8, 4) is 0 Å². The number of likely N-dealkylation sites (tertiary alicyclic amines) is 1. The molecule has 0 radical (unpaired) electrons. The molecule has 1 fully saturated rings. The number of halogens is 1. The van der Waals surface area contributed by atoms with Gasteiger partial charge in [0.1, 0.15) is 0 Å². The van der Waals surface area contributed by atoms with E-state index < -0.39 is 0 Å². The van der Waals surface area contributed by atoms with Gasteiger partial charge in [0.05, 0.1) is 15.3 Å². The van der Waals surface area contributed by atoms with E-state index in [0.29, 0.717) is 9.21 Å². The molecule has 3 rings (SSSR count). The van der Waals surface area contributed by atoms with Gasteiger partial charge in [0.15, 0.2) is 0 Å². The predicted octanol–water partition coefficient (Wildman–Crippen LogP) is 3.97. The van der Waals surface area contributed by atoms with Gasteiger partial charge in [-0.3, -0.25) is 4.79 Å². The number of carbonyl (C=O) groups excluding carboxylic acids is 1. The van der Waals surface area contributed by atoms with Gasteiger partial charge in [0.2, 0.25) is 0 Å². The molecular weight excluding hydrogens is 316 g/mol. The standard InChI is InChI=1S/C17H19ClN2OS/c18-16-9-8-15(22-16)17(21)19-14(12-20-10-4-5-11-20)13-6-2-1-3-7-13/h1-3,6-9,14H,4-5,10-12H2,(H,19,21). The van der Waals surface area contributed by atoms with Crippen LogP contribution in [0.15, 0.2) is 42.5 Å². The first-order valence-corrected chi connectivity index (χ1v) is 8.75. The zero-order chi connectivity index (χ0) is 15.4. The maximum absolute atomic E-state index is 12.4. The van der Waals surface area contributed by atoms with Gasteiger partial charge in [-0.2, -0.15) is 0 Å². The lowest BCUT2D eigenvalue weighted by Gasteiger charge is -2.24. The van der Waals surface area contributed by atoms with Crippen LogP contribution < -0.4 is 5.32 Å². The van der Waals surface area contributed by atoms with Gasteiger partial charge in [-0.25, -0.2) is 0 Å². The van der Waals surface area contributed by atoms with Gasteiger partial charge in [-0.15, -0.1) is 11.3 Å². The van der Waals surface area contributed by atoms with Crippen molar-refractivity contribution >= 4 is 28.8 Å². The Morgan fingerprint density at radius 1 is 1.18 bits per heavy atom. The van der Waals surface area contributed by atoms with E-state index in [4.69, 9.17) is 11.6 Å². The van der Waals surface area contributed by atoms with Crippen molar-refractivity contribution in [3.63, 3.8) is 0 Å². The average Bonchev–Trinajstić information content (AvgIpc) is 3.19. The SMILES string of the molecule is O=C(NC(CN1CCCC1)c1ccccc1)c1ccc(Cl)s1. The van der Waals surface area contributed by atoms with Crippen molar-refractivity contribution in [1.29, 1.82) is 0 Å². The number of amides is 1. The van der Waals surface area contributed by atoms with E-state index in [-0.39, 0.29) is 11.9 Å². The Morgan fingerprint density at radius 3 is 2.55 bits per heavy atom. The monoisotopic (exact) mass is 334 g/mol. The first-order valence-electron chi connectivity index (χ1n) is 7.56. The number of benzene rings is 1. The minimum absolute atomic E-state index is 0.00711. The third-order valence-corrected chi connectivity index (χ3v) is 5.17. The minimum atomic E-state index is -0.0510. The number of hydrogen-bond donors (Lipinski definition) is 1. The summed E-state index contributed by atoms with van der Waals surface area (Å²) in [6.45, 7) is 3.09. The van der Waals surface area contributed by atoms with E-state index in [9.17, 15) is 4.79 Å². The van der Waals surface area contributed by atoms with Gasteiger partial charge in [-0.1, -0.05) is 41.9 Å². The van der Waals surface area contributed by atoms with Gasteiger partial charge < -0.3 is 10.2 Å². The molecule has 116 valence electrons. The number of hydrogen-bond acceptors (Lipinski definition) is 3. The lowest BCUT2D eigenvalue weighted by Crippen LogP contribution is -2.36. The molecule has 0 aliphatic carbocycles. The molecule has 1 aromatic heterocycles. The highest BCUT2D eigenvalue weighted by Gasteiger charge is 2.21. The quantitative estimate of drug-likeness (QED) is 0.897. The van der Waals surface area contributed by atoms with Crippen LogP contribution in [-0.2, 0) is 0 Å². The second-order valence-corrected chi connectivity index (χ2v) is 7.26. The van der Waals surface area contributed by atoms with Crippen LogP contribution in [0.4, 0.5) is 0 Å². The van der Waals surface area contributed by atoms with E-state index in [1.54, 1.807) is 12.1 Å². The molecule has 2 heterocycles. The van der Waals surface area contributed by atoms with Gasteiger partial charge in [-0.05, 0) is 43.6 Å². The van der Waals surface area contributed by atoms with E-state index in [1.807, 2.05) is 18.2 Å². The molecule has 1 unspecified atom stereocenters. The van der Waals surface area contributed by atoms with Crippen molar-refractivity contribution < 1.29 is 4.79 Å². The first kappa shape index (κ1) is 15.5. The van der Waals surface area contributed by atoms with Gasteiger partial charge in [0.25, 0.3) is 5.91 Å². The van der Waals surface area contributed by atoms with Crippen molar-refractivity contribution in [2.45, 2.75) is 18.9 Å². The molecule has 0 saturated carbocycles. The number of carbonyl (C=O) groups is 1. The van der Waals surface area contributed by atoms with Gasteiger partial charge in [0, 0.05) is 6.54 Å². The maximum Gasteiger partial charge on any atom is 0.261 e. The average molecular weight is 335 g/mol. The van der Waals surface area contributed by atoms with Crippen molar-refractivity contribution in [2.24, 2.45) is 0 Å². The molecule has 5 heteroatoms. The number of rotatable bonds is 5. The Morgan fingerprint density at radius 2 is 1.91 bits per heavy atom. The van der Waals surface area contributed by atoms with Crippen LogP contribution in [0.1, 0.15) is 34.1 Å². The van der Waals surface area contributed by atoms with Crippen molar-refractivity contribution in [3.05, 3.63) is 57.2 Å². The van der Waals surface area contributed by atoms with Crippen molar-refractivity contribution in [2.75, 3.05) is 19.6 Å². The topological polar surface area (TPSA) is 32.3 Å². The summed E-state index contributed by atoms with van der Waals surface area (Å²) in [6.07, 6.45) is 2.49. The number of thiophene rings is 1. The molecule has 22 heavy (non-hydrogen) atoms. The molecule has 3 nitrogen and oxygen atoms in total. The van der Waals surface area contributed by atoms with Crippen LogP contribution >= 0.6 is 22.9 Å². The fourth-order valence-corrected chi connectivity index (χ4v) is 3.76. The zero-order valence-electron chi connectivity index (χ0n) is 12.3. The second-order valence-electron chi connectivity index (χ2n) is 5.55. The number of nitrogens with zero attached hydrogens (tertiary/aromatic N) is 1. The molecular formula is C17H19ClN2OS. The van der Waals surface area contributed by atoms with Crippen LogP contribution in [-0.4, -0.2) is 30.4 Å². The Balaban J connectivity index is 1.74. The highest BCUT2D eigenvalue weighted by Crippen LogP contribution is 2.23. The summed E-state index contributed by atoms with van der Waals surface area (Å²) in [5, 5.41) is 3.16. The molecule has 1 aliphatic heterocycles. The van der Waals surface area contributed by atoms with E-state index in [0.717, 1.165) is 25.2 Å². The molecule has 1 aliphatic rings. The molecule has 1 saturated heterocycles. The summed E-state index contributed by atoms with van der Waals surface area (Å²) in [6, 6.07) is 13.7. The highest BCUT2D eigenvalue weighted by molar-refractivity contribution is 7.17. The summed E-state index contributed by atoms with van der Waals surface area (Å²) in [5.41, 5.74) is 1.14. The summed E-state index contributed by atoms with van der Waals surface area (Å²) in [7, 11) is 0. The van der Waals surface area contributed by atoms with Gasteiger partial charge >= 0.3 is 0 Å². The molecule has 1 amide bonds. The van der Waals surface area contributed by atoms with E-state index >= 15 is 0 Å². The molecule has 0 spiro atoms. The molecule has 1 atom stereocenters.